The lowest BCUT2D eigenvalue weighted by molar-refractivity contribution is 0.260. The molecule has 0 spiro atoms. The van der Waals surface area contributed by atoms with E-state index in [1.165, 1.54) is 5.56 Å². The molecule has 0 bridgehead atoms. The zero-order valence-electron chi connectivity index (χ0n) is 10.7. The summed E-state index contributed by atoms with van der Waals surface area (Å²) in [5.74, 6) is 0.889. The summed E-state index contributed by atoms with van der Waals surface area (Å²) in [4.78, 5) is 2.10. The maximum absolute atomic E-state index is 5.77. The van der Waals surface area contributed by atoms with Crippen molar-refractivity contribution >= 4 is 15.9 Å². The van der Waals surface area contributed by atoms with Crippen molar-refractivity contribution in [1.82, 2.24) is 4.90 Å². The average Bonchev–Trinajstić information content (AvgIpc) is 2.20. The molecule has 1 aromatic carbocycles. The van der Waals surface area contributed by atoms with Gasteiger partial charge >= 0.3 is 0 Å². The Morgan fingerprint density at radius 2 is 2.12 bits per heavy atom. The molecule has 0 radical (unpaired) electrons. The van der Waals surface area contributed by atoms with Crippen molar-refractivity contribution in [3.05, 3.63) is 28.2 Å². The third-order valence-corrected chi connectivity index (χ3v) is 2.97. The second kappa shape index (κ2) is 6.99. The number of halogens is 1. The summed E-state index contributed by atoms with van der Waals surface area (Å²) in [7, 11) is 4.06. The predicted octanol–water partition coefficient (Wildman–Crippen LogP) is 2.28. The van der Waals surface area contributed by atoms with Gasteiger partial charge in [-0.15, -0.1) is 0 Å². The number of likely N-dealkylation sites (N-methyl/N-ethyl adjacent to an activating group) is 1. The Kier molecular flexibility index (Phi) is 5.95. The molecular formula is C13H21BrN2O. The minimum Gasteiger partial charge on any atom is -0.491 e. The van der Waals surface area contributed by atoms with Gasteiger partial charge in [-0.25, -0.2) is 0 Å². The Bertz CT molecular complexity index is 353. The predicted molar refractivity (Wildman–Crippen MR) is 75.5 cm³/mol. The van der Waals surface area contributed by atoms with Gasteiger partial charge in [-0.05, 0) is 61.1 Å². The minimum absolute atomic E-state index is 0.183. The third kappa shape index (κ3) is 5.52. The van der Waals surface area contributed by atoms with Gasteiger partial charge in [-0.3, -0.25) is 0 Å². The maximum atomic E-state index is 5.77. The van der Waals surface area contributed by atoms with Gasteiger partial charge in [-0.2, -0.15) is 0 Å². The molecule has 0 amide bonds. The molecule has 4 heteroatoms. The molecule has 0 saturated heterocycles. The summed E-state index contributed by atoms with van der Waals surface area (Å²) in [6.07, 6.45) is 0.885. The van der Waals surface area contributed by atoms with E-state index in [9.17, 15) is 0 Å². The zero-order chi connectivity index (χ0) is 12.8. The summed E-state index contributed by atoms with van der Waals surface area (Å²) in [5.41, 5.74) is 7.00. The fourth-order valence-corrected chi connectivity index (χ4v) is 2.04. The molecule has 1 atom stereocenters. The van der Waals surface area contributed by atoms with E-state index in [0.717, 1.165) is 23.2 Å². The number of benzene rings is 1. The van der Waals surface area contributed by atoms with Crippen LogP contribution in [0.15, 0.2) is 22.7 Å². The fourth-order valence-electron chi connectivity index (χ4n) is 1.50. The molecule has 1 rings (SSSR count). The molecule has 0 aromatic heterocycles. The molecule has 0 aliphatic heterocycles. The van der Waals surface area contributed by atoms with E-state index in [1.54, 1.807) is 0 Å². The van der Waals surface area contributed by atoms with E-state index < -0.39 is 0 Å². The van der Waals surface area contributed by atoms with Crippen molar-refractivity contribution in [1.29, 1.82) is 0 Å². The van der Waals surface area contributed by atoms with Gasteiger partial charge in [0, 0.05) is 12.6 Å². The molecule has 3 nitrogen and oxygen atoms in total. The van der Waals surface area contributed by atoms with Crippen molar-refractivity contribution in [3.63, 3.8) is 0 Å². The molecule has 1 unspecified atom stereocenters. The Hall–Kier alpha value is -0.580. The largest absolute Gasteiger partial charge is 0.491 e. The Morgan fingerprint density at radius 3 is 2.65 bits per heavy atom. The molecular weight excluding hydrogens is 280 g/mol. The molecule has 2 N–H and O–H groups in total. The number of hydrogen-bond donors (Lipinski definition) is 1. The van der Waals surface area contributed by atoms with Crippen molar-refractivity contribution in [2.75, 3.05) is 27.2 Å². The first-order valence-electron chi connectivity index (χ1n) is 5.80. The van der Waals surface area contributed by atoms with Crippen LogP contribution in [0.5, 0.6) is 5.75 Å². The van der Waals surface area contributed by atoms with E-state index in [1.807, 2.05) is 27.1 Å². The van der Waals surface area contributed by atoms with Crippen LogP contribution in [0.25, 0.3) is 0 Å². The SMILES string of the molecule is CC(N)Cc1ccc(OCCN(C)C)c(Br)c1. The summed E-state index contributed by atoms with van der Waals surface area (Å²) >= 11 is 3.52. The highest BCUT2D eigenvalue weighted by molar-refractivity contribution is 9.10. The average molecular weight is 301 g/mol. The van der Waals surface area contributed by atoms with Crippen LogP contribution < -0.4 is 10.5 Å². The highest BCUT2D eigenvalue weighted by Gasteiger charge is 2.04. The van der Waals surface area contributed by atoms with Gasteiger partial charge in [-0.1, -0.05) is 6.07 Å². The quantitative estimate of drug-likeness (QED) is 0.876. The Morgan fingerprint density at radius 1 is 1.41 bits per heavy atom. The fraction of sp³-hybridized carbons (Fsp3) is 0.538. The number of ether oxygens (including phenoxy) is 1. The van der Waals surface area contributed by atoms with Crippen LogP contribution >= 0.6 is 15.9 Å². The lowest BCUT2D eigenvalue weighted by Crippen LogP contribution is -2.19. The van der Waals surface area contributed by atoms with Crippen LogP contribution in [0, 0.1) is 0 Å². The van der Waals surface area contributed by atoms with Gasteiger partial charge < -0.3 is 15.4 Å². The number of nitrogens with two attached hydrogens (primary N) is 1. The normalized spacial score (nSPS) is 12.8. The first-order valence-corrected chi connectivity index (χ1v) is 6.60. The van der Waals surface area contributed by atoms with E-state index in [2.05, 4.69) is 33.0 Å². The third-order valence-electron chi connectivity index (χ3n) is 2.35. The highest BCUT2D eigenvalue weighted by atomic mass is 79.9. The first-order chi connectivity index (χ1) is 7.99. The Balaban J connectivity index is 2.57. The number of rotatable bonds is 6. The van der Waals surface area contributed by atoms with Gasteiger partial charge in [0.2, 0.25) is 0 Å². The van der Waals surface area contributed by atoms with E-state index in [4.69, 9.17) is 10.5 Å². The molecule has 0 aliphatic carbocycles. The Labute approximate surface area is 112 Å². The topological polar surface area (TPSA) is 38.5 Å². The monoisotopic (exact) mass is 300 g/mol. The lowest BCUT2D eigenvalue weighted by atomic mass is 10.1. The highest BCUT2D eigenvalue weighted by Crippen LogP contribution is 2.26. The van der Waals surface area contributed by atoms with Crippen molar-refractivity contribution in [3.8, 4) is 5.75 Å². The van der Waals surface area contributed by atoms with Crippen LogP contribution in [0.2, 0.25) is 0 Å². The van der Waals surface area contributed by atoms with Gasteiger partial charge in [0.15, 0.2) is 0 Å². The van der Waals surface area contributed by atoms with E-state index in [-0.39, 0.29) is 6.04 Å². The summed E-state index contributed by atoms with van der Waals surface area (Å²) in [6.45, 7) is 3.61. The number of nitrogens with zero attached hydrogens (tertiary/aromatic N) is 1. The summed E-state index contributed by atoms with van der Waals surface area (Å²) in [6, 6.07) is 6.33. The molecule has 0 fully saturated rings. The van der Waals surface area contributed by atoms with Gasteiger partial charge in [0.25, 0.3) is 0 Å². The molecule has 96 valence electrons. The molecule has 0 heterocycles. The first kappa shape index (κ1) is 14.5. The van der Waals surface area contributed by atoms with Crippen LogP contribution in [0.1, 0.15) is 12.5 Å². The van der Waals surface area contributed by atoms with Crippen LogP contribution in [0.3, 0.4) is 0 Å². The molecule has 1 aromatic rings. The van der Waals surface area contributed by atoms with Crippen LogP contribution in [-0.2, 0) is 6.42 Å². The van der Waals surface area contributed by atoms with E-state index in [0.29, 0.717) is 6.61 Å². The second-order valence-electron chi connectivity index (χ2n) is 4.60. The van der Waals surface area contributed by atoms with Crippen LogP contribution in [-0.4, -0.2) is 38.2 Å². The van der Waals surface area contributed by atoms with Gasteiger partial charge in [0.1, 0.15) is 12.4 Å². The molecule has 0 aliphatic rings. The van der Waals surface area contributed by atoms with Crippen molar-refractivity contribution < 1.29 is 4.74 Å². The lowest BCUT2D eigenvalue weighted by Gasteiger charge is -2.13. The summed E-state index contributed by atoms with van der Waals surface area (Å²) < 4.78 is 6.68. The molecule has 17 heavy (non-hydrogen) atoms. The van der Waals surface area contributed by atoms with E-state index >= 15 is 0 Å². The standard InChI is InChI=1S/C13H21BrN2O/c1-10(15)8-11-4-5-13(12(14)9-11)17-7-6-16(2)3/h4-5,9-10H,6-8,15H2,1-3H3. The second-order valence-corrected chi connectivity index (χ2v) is 5.45. The summed E-state index contributed by atoms with van der Waals surface area (Å²) in [5, 5.41) is 0. The minimum atomic E-state index is 0.183. The number of hydrogen-bond acceptors (Lipinski definition) is 3. The van der Waals surface area contributed by atoms with Crippen molar-refractivity contribution in [2.24, 2.45) is 5.73 Å². The molecule has 0 saturated carbocycles. The van der Waals surface area contributed by atoms with Crippen molar-refractivity contribution in [2.45, 2.75) is 19.4 Å². The maximum Gasteiger partial charge on any atom is 0.133 e. The van der Waals surface area contributed by atoms with Crippen LogP contribution in [0.4, 0.5) is 0 Å². The van der Waals surface area contributed by atoms with Gasteiger partial charge in [0.05, 0.1) is 4.47 Å². The smallest absolute Gasteiger partial charge is 0.133 e. The zero-order valence-corrected chi connectivity index (χ0v) is 12.3.